The van der Waals surface area contributed by atoms with E-state index in [1.165, 1.54) is 16.6 Å². The van der Waals surface area contributed by atoms with E-state index in [2.05, 4.69) is 40.3 Å². The van der Waals surface area contributed by atoms with Crippen LogP contribution in [0.15, 0.2) is 48.5 Å². The number of benzene rings is 2. The standard InChI is InChI=1S/C22H23N3O2S/c1-3-19-20-17(16-6-4-5-7-18(16)23-20)12-13-25(19)22(28)24-21(26)14-8-10-15(27-2)11-9-14/h4-11,19,23H,3,12-13H2,1-2H3,(H,24,26,28). The lowest BCUT2D eigenvalue weighted by Gasteiger charge is -2.37. The number of aromatic amines is 1. The lowest BCUT2D eigenvalue weighted by molar-refractivity contribution is 0.0970. The Morgan fingerprint density at radius 3 is 2.71 bits per heavy atom. The molecule has 0 spiro atoms. The van der Waals surface area contributed by atoms with E-state index in [9.17, 15) is 4.79 Å². The first-order valence-electron chi connectivity index (χ1n) is 9.47. The summed E-state index contributed by atoms with van der Waals surface area (Å²) in [5.74, 6) is 0.512. The van der Waals surface area contributed by atoms with Crippen LogP contribution in [-0.4, -0.2) is 34.6 Å². The topological polar surface area (TPSA) is 57.4 Å². The number of carbonyl (C=O) groups is 1. The molecule has 0 bridgehead atoms. The normalized spacial score (nSPS) is 15.9. The van der Waals surface area contributed by atoms with Gasteiger partial charge in [0.1, 0.15) is 5.75 Å². The summed E-state index contributed by atoms with van der Waals surface area (Å²) in [5.41, 5.74) is 4.28. The number of rotatable bonds is 3. The molecular weight excluding hydrogens is 370 g/mol. The Morgan fingerprint density at radius 1 is 1.25 bits per heavy atom. The van der Waals surface area contributed by atoms with Crippen LogP contribution in [0, 0.1) is 0 Å². The van der Waals surface area contributed by atoms with Crippen LogP contribution in [-0.2, 0) is 6.42 Å². The molecule has 1 amide bonds. The number of methoxy groups -OCH3 is 1. The van der Waals surface area contributed by atoms with Crippen LogP contribution in [0.4, 0.5) is 0 Å². The molecule has 0 radical (unpaired) electrons. The number of para-hydroxylation sites is 1. The van der Waals surface area contributed by atoms with Crippen LogP contribution in [0.1, 0.15) is 41.0 Å². The van der Waals surface area contributed by atoms with Crippen molar-refractivity contribution in [1.82, 2.24) is 15.2 Å². The summed E-state index contributed by atoms with van der Waals surface area (Å²) >= 11 is 5.61. The van der Waals surface area contributed by atoms with Gasteiger partial charge >= 0.3 is 0 Å². The SMILES string of the molecule is CCC1c2[nH]c3ccccc3c2CCN1C(=S)NC(=O)c1ccc(OC)cc1. The largest absolute Gasteiger partial charge is 0.497 e. The fourth-order valence-electron chi connectivity index (χ4n) is 3.97. The van der Waals surface area contributed by atoms with Gasteiger partial charge in [0.2, 0.25) is 0 Å². The molecule has 1 unspecified atom stereocenters. The van der Waals surface area contributed by atoms with Gasteiger partial charge in [-0.05, 0) is 61.0 Å². The Bertz CT molecular complexity index is 1030. The molecule has 0 saturated heterocycles. The average molecular weight is 394 g/mol. The second kappa shape index (κ2) is 7.64. The molecule has 0 fully saturated rings. The third-order valence-corrected chi connectivity index (χ3v) is 5.72. The van der Waals surface area contributed by atoms with Crippen LogP contribution in [0.2, 0.25) is 0 Å². The van der Waals surface area contributed by atoms with Crippen molar-refractivity contribution in [2.24, 2.45) is 0 Å². The van der Waals surface area contributed by atoms with E-state index in [4.69, 9.17) is 17.0 Å². The molecule has 1 aliphatic heterocycles. The molecule has 4 rings (SSSR count). The maximum Gasteiger partial charge on any atom is 0.257 e. The molecule has 2 N–H and O–H groups in total. The summed E-state index contributed by atoms with van der Waals surface area (Å²) in [5, 5.41) is 4.65. The van der Waals surface area contributed by atoms with Crippen molar-refractivity contribution in [3.8, 4) is 5.75 Å². The monoisotopic (exact) mass is 393 g/mol. The number of amides is 1. The van der Waals surface area contributed by atoms with E-state index in [1.54, 1.807) is 31.4 Å². The molecule has 3 aromatic rings. The lowest BCUT2D eigenvalue weighted by Crippen LogP contribution is -2.47. The van der Waals surface area contributed by atoms with E-state index >= 15 is 0 Å². The molecule has 6 heteroatoms. The zero-order valence-electron chi connectivity index (χ0n) is 16.0. The first-order valence-corrected chi connectivity index (χ1v) is 9.88. The Balaban J connectivity index is 1.54. The van der Waals surface area contributed by atoms with Gasteiger partial charge in [-0.1, -0.05) is 25.1 Å². The van der Waals surface area contributed by atoms with Crippen LogP contribution >= 0.6 is 12.2 Å². The highest BCUT2D eigenvalue weighted by atomic mass is 32.1. The smallest absolute Gasteiger partial charge is 0.257 e. The van der Waals surface area contributed by atoms with Crippen molar-refractivity contribution in [2.45, 2.75) is 25.8 Å². The summed E-state index contributed by atoms with van der Waals surface area (Å²) in [6, 6.07) is 15.5. The predicted octanol–water partition coefficient (Wildman–Crippen LogP) is 4.20. The number of hydrogen-bond donors (Lipinski definition) is 2. The minimum Gasteiger partial charge on any atom is -0.497 e. The minimum atomic E-state index is -0.204. The van der Waals surface area contributed by atoms with E-state index in [0.717, 1.165) is 24.9 Å². The first kappa shape index (κ1) is 18.5. The third kappa shape index (κ3) is 3.24. The van der Waals surface area contributed by atoms with Crippen molar-refractivity contribution < 1.29 is 9.53 Å². The number of nitrogens with zero attached hydrogens (tertiary/aromatic N) is 1. The third-order valence-electron chi connectivity index (χ3n) is 5.38. The second-order valence-electron chi connectivity index (χ2n) is 6.92. The first-order chi connectivity index (χ1) is 13.6. The highest BCUT2D eigenvalue weighted by molar-refractivity contribution is 7.80. The summed E-state index contributed by atoms with van der Waals surface area (Å²) in [7, 11) is 1.60. The van der Waals surface area contributed by atoms with E-state index < -0.39 is 0 Å². The molecule has 5 nitrogen and oxygen atoms in total. The van der Waals surface area contributed by atoms with Gasteiger partial charge in [0.05, 0.1) is 13.2 Å². The predicted molar refractivity (Wildman–Crippen MR) is 115 cm³/mol. The quantitative estimate of drug-likeness (QED) is 0.655. The van der Waals surface area contributed by atoms with E-state index in [-0.39, 0.29) is 11.9 Å². The fraction of sp³-hybridized carbons (Fsp3) is 0.273. The highest BCUT2D eigenvalue weighted by Gasteiger charge is 2.31. The Kier molecular flexibility index (Phi) is 5.05. The van der Waals surface area contributed by atoms with Gasteiger partial charge in [0.25, 0.3) is 5.91 Å². The molecule has 2 aromatic carbocycles. The van der Waals surface area contributed by atoms with Gasteiger partial charge in [-0.15, -0.1) is 0 Å². The van der Waals surface area contributed by atoms with Gasteiger partial charge in [0, 0.05) is 28.7 Å². The number of nitrogens with one attached hydrogen (secondary N) is 2. The average Bonchev–Trinajstić information content (AvgIpc) is 3.11. The Morgan fingerprint density at radius 2 is 2.00 bits per heavy atom. The van der Waals surface area contributed by atoms with Crippen LogP contribution in [0.3, 0.4) is 0 Å². The van der Waals surface area contributed by atoms with Crippen molar-refractivity contribution in [3.05, 3.63) is 65.4 Å². The molecule has 1 aromatic heterocycles. The minimum absolute atomic E-state index is 0.125. The maximum atomic E-state index is 12.6. The molecule has 144 valence electrons. The maximum absolute atomic E-state index is 12.6. The van der Waals surface area contributed by atoms with Gasteiger partial charge in [-0.3, -0.25) is 10.1 Å². The molecule has 1 atom stereocenters. The van der Waals surface area contributed by atoms with Crippen molar-refractivity contribution >= 4 is 34.1 Å². The summed E-state index contributed by atoms with van der Waals surface area (Å²) in [6.45, 7) is 2.93. The number of aromatic nitrogens is 1. The number of carbonyl (C=O) groups excluding carboxylic acids is 1. The Hall–Kier alpha value is -2.86. The van der Waals surface area contributed by atoms with Gasteiger partial charge in [0.15, 0.2) is 5.11 Å². The fourth-order valence-corrected chi connectivity index (χ4v) is 4.28. The number of ether oxygens (including phenoxy) is 1. The molecule has 0 saturated carbocycles. The number of thiocarbonyl (C=S) groups is 1. The van der Waals surface area contributed by atoms with E-state index in [1.807, 2.05) is 6.07 Å². The number of hydrogen-bond acceptors (Lipinski definition) is 3. The molecular formula is C22H23N3O2S. The zero-order valence-corrected chi connectivity index (χ0v) is 16.8. The second-order valence-corrected chi connectivity index (χ2v) is 7.30. The number of H-pyrrole nitrogens is 1. The molecule has 1 aliphatic rings. The van der Waals surface area contributed by atoms with Gasteiger partial charge < -0.3 is 14.6 Å². The van der Waals surface area contributed by atoms with E-state index in [0.29, 0.717) is 16.4 Å². The van der Waals surface area contributed by atoms with Crippen LogP contribution < -0.4 is 10.1 Å². The highest BCUT2D eigenvalue weighted by Crippen LogP contribution is 2.36. The Labute approximate surface area is 169 Å². The van der Waals surface area contributed by atoms with Crippen molar-refractivity contribution in [1.29, 1.82) is 0 Å². The summed E-state index contributed by atoms with van der Waals surface area (Å²) in [4.78, 5) is 18.3. The van der Waals surface area contributed by atoms with Crippen molar-refractivity contribution in [2.75, 3.05) is 13.7 Å². The van der Waals surface area contributed by atoms with Gasteiger partial charge in [-0.25, -0.2) is 0 Å². The van der Waals surface area contributed by atoms with Crippen LogP contribution in [0.25, 0.3) is 10.9 Å². The molecule has 2 heterocycles. The van der Waals surface area contributed by atoms with Crippen molar-refractivity contribution in [3.63, 3.8) is 0 Å². The summed E-state index contributed by atoms with van der Waals surface area (Å²) < 4.78 is 5.14. The molecule has 28 heavy (non-hydrogen) atoms. The van der Waals surface area contributed by atoms with Crippen LogP contribution in [0.5, 0.6) is 5.75 Å². The van der Waals surface area contributed by atoms with Gasteiger partial charge in [-0.2, -0.15) is 0 Å². The lowest BCUT2D eigenvalue weighted by atomic mass is 9.96. The zero-order chi connectivity index (χ0) is 19.7. The summed E-state index contributed by atoms with van der Waals surface area (Å²) in [6.07, 6.45) is 1.80. The number of fused-ring (bicyclic) bond motifs is 3. The molecule has 0 aliphatic carbocycles.